The lowest BCUT2D eigenvalue weighted by atomic mass is 10.0. The fourth-order valence-corrected chi connectivity index (χ4v) is 2.22. The maximum Gasteiger partial charge on any atom is 0.229 e. The van der Waals surface area contributed by atoms with Gasteiger partial charge in [-0.15, -0.1) is 0 Å². The van der Waals surface area contributed by atoms with Gasteiger partial charge in [-0.1, -0.05) is 6.42 Å². The second-order valence-corrected chi connectivity index (χ2v) is 4.42. The summed E-state index contributed by atoms with van der Waals surface area (Å²) in [5.41, 5.74) is 6.69. The van der Waals surface area contributed by atoms with E-state index < -0.39 is 0 Å². The first-order chi connectivity index (χ1) is 8.20. The highest BCUT2D eigenvalue weighted by Crippen LogP contribution is 2.25. The zero-order valence-electron chi connectivity index (χ0n) is 9.98. The Bertz CT molecular complexity index is 389. The highest BCUT2D eigenvalue weighted by Gasteiger charge is 2.30. The van der Waals surface area contributed by atoms with E-state index in [9.17, 15) is 4.79 Å². The van der Waals surface area contributed by atoms with Crippen molar-refractivity contribution in [3.8, 4) is 5.75 Å². The van der Waals surface area contributed by atoms with Crippen molar-refractivity contribution in [3.05, 3.63) is 24.3 Å². The Hall–Kier alpha value is -1.55. The van der Waals surface area contributed by atoms with Crippen LogP contribution in [0, 0.1) is 5.92 Å². The minimum absolute atomic E-state index is 0.00764. The number of rotatable bonds is 3. The van der Waals surface area contributed by atoms with Gasteiger partial charge in [0.25, 0.3) is 0 Å². The molecule has 1 aliphatic carbocycles. The number of hydrogen-bond acceptors (Lipinski definition) is 3. The SMILES string of the molecule is COc1ccc(NC(=O)C2CCCC2N)cc1. The number of benzene rings is 1. The third kappa shape index (κ3) is 2.77. The molecule has 4 nitrogen and oxygen atoms in total. The molecule has 4 heteroatoms. The average Bonchev–Trinajstić information content (AvgIpc) is 2.76. The molecular formula is C13H18N2O2. The molecule has 1 aromatic rings. The van der Waals surface area contributed by atoms with Crippen LogP contribution in [0.15, 0.2) is 24.3 Å². The number of anilines is 1. The van der Waals surface area contributed by atoms with Crippen LogP contribution in [0.3, 0.4) is 0 Å². The maximum atomic E-state index is 12.0. The monoisotopic (exact) mass is 234 g/mol. The first kappa shape index (κ1) is 11.9. The minimum atomic E-state index is -0.0444. The number of nitrogens with two attached hydrogens (primary N) is 1. The molecule has 1 saturated carbocycles. The number of hydrogen-bond donors (Lipinski definition) is 2. The van der Waals surface area contributed by atoms with Crippen molar-refractivity contribution in [2.45, 2.75) is 25.3 Å². The zero-order valence-corrected chi connectivity index (χ0v) is 9.98. The van der Waals surface area contributed by atoms with Crippen molar-refractivity contribution in [3.63, 3.8) is 0 Å². The van der Waals surface area contributed by atoms with Gasteiger partial charge in [-0.25, -0.2) is 0 Å². The molecule has 2 rings (SSSR count). The molecular weight excluding hydrogens is 216 g/mol. The molecule has 0 spiro atoms. The number of amides is 1. The quantitative estimate of drug-likeness (QED) is 0.837. The van der Waals surface area contributed by atoms with Crippen molar-refractivity contribution < 1.29 is 9.53 Å². The molecule has 2 atom stereocenters. The van der Waals surface area contributed by atoms with Gasteiger partial charge < -0.3 is 15.8 Å². The van der Waals surface area contributed by atoms with Gasteiger partial charge in [-0.3, -0.25) is 4.79 Å². The molecule has 3 N–H and O–H groups in total. The Kier molecular flexibility index (Phi) is 3.64. The molecule has 0 aliphatic heterocycles. The third-order valence-electron chi connectivity index (χ3n) is 3.26. The first-order valence-corrected chi connectivity index (χ1v) is 5.91. The van der Waals surface area contributed by atoms with Crippen molar-refractivity contribution in [1.82, 2.24) is 0 Å². The lowest BCUT2D eigenvalue weighted by Gasteiger charge is -2.15. The number of carbonyl (C=O) groups excluding carboxylic acids is 1. The number of ether oxygens (including phenoxy) is 1. The van der Waals surface area contributed by atoms with E-state index in [1.165, 1.54) is 0 Å². The van der Waals surface area contributed by atoms with Gasteiger partial charge in [0, 0.05) is 11.7 Å². The molecule has 0 bridgehead atoms. The summed E-state index contributed by atoms with van der Waals surface area (Å²) in [6, 6.07) is 7.32. The van der Waals surface area contributed by atoms with Gasteiger partial charge in [-0.2, -0.15) is 0 Å². The summed E-state index contributed by atoms with van der Waals surface area (Å²) in [6.07, 6.45) is 2.88. The number of methoxy groups -OCH3 is 1. The normalized spacial score (nSPS) is 23.4. The Morgan fingerprint density at radius 1 is 1.35 bits per heavy atom. The summed E-state index contributed by atoms with van der Waals surface area (Å²) in [7, 11) is 1.62. The van der Waals surface area contributed by atoms with Crippen LogP contribution in [0.1, 0.15) is 19.3 Å². The molecule has 1 aliphatic rings. The molecule has 17 heavy (non-hydrogen) atoms. The topological polar surface area (TPSA) is 64.3 Å². The van der Waals surface area contributed by atoms with Crippen LogP contribution in [-0.4, -0.2) is 19.1 Å². The smallest absolute Gasteiger partial charge is 0.229 e. The number of carbonyl (C=O) groups is 1. The molecule has 92 valence electrons. The average molecular weight is 234 g/mol. The van der Waals surface area contributed by atoms with Crippen LogP contribution >= 0.6 is 0 Å². The summed E-state index contributed by atoms with van der Waals surface area (Å²) < 4.78 is 5.06. The largest absolute Gasteiger partial charge is 0.497 e. The van der Waals surface area contributed by atoms with Gasteiger partial charge in [0.1, 0.15) is 5.75 Å². The van der Waals surface area contributed by atoms with Crippen LogP contribution in [0.2, 0.25) is 0 Å². The van der Waals surface area contributed by atoms with Gasteiger partial charge in [0.15, 0.2) is 0 Å². The van der Waals surface area contributed by atoms with Gasteiger partial charge in [-0.05, 0) is 37.1 Å². The van der Waals surface area contributed by atoms with Gasteiger partial charge >= 0.3 is 0 Å². The molecule has 0 radical (unpaired) electrons. The van der Waals surface area contributed by atoms with Crippen molar-refractivity contribution >= 4 is 11.6 Å². The second kappa shape index (κ2) is 5.19. The van der Waals surface area contributed by atoms with E-state index >= 15 is 0 Å². The molecule has 2 unspecified atom stereocenters. The van der Waals surface area contributed by atoms with Crippen molar-refractivity contribution in [2.75, 3.05) is 12.4 Å². The van der Waals surface area contributed by atoms with Gasteiger partial charge in [0.2, 0.25) is 5.91 Å². The Morgan fingerprint density at radius 3 is 2.59 bits per heavy atom. The zero-order chi connectivity index (χ0) is 12.3. The summed E-state index contributed by atoms with van der Waals surface area (Å²) in [5, 5.41) is 2.89. The van der Waals surface area contributed by atoms with E-state index in [0.717, 1.165) is 30.7 Å². The summed E-state index contributed by atoms with van der Waals surface area (Å²) >= 11 is 0. The predicted molar refractivity (Wildman–Crippen MR) is 66.9 cm³/mol. The van der Waals surface area contributed by atoms with Crippen molar-refractivity contribution in [1.29, 1.82) is 0 Å². The minimum Gasteiger partial charge on any atom is -0.497 e. The van der Waals surface area contributed by atoms with E-state index in [1.807, 2.05) is 24.3 Å². The number of nitrogens with one attached hydrogen (secondary N) is 1. The van der Waals surface area contributed by atoms with E-state index in [1.54, 1.807) is 7.11 Å². The molecule has 0 saturated heterocycles. The first-order valence-electron chi connectivity index (χ1n) is 5.91. The van der Waals surface area contributed by atoms with Crippen LogP contribution in [0.5, 0.6) is 5.75 Å². The van der Waals surface area contributed by atoms with Crippen LogP contribution in [-0.2, 0) is 4.79 Å². The predicted octanol–water partition coefficient (Wildman–Crippen LogP) is 1.76. The highest BCUT2D eigenvalue weighted by molar-refractivity contribution is 5.93. The lowest BCUT2D eigenvalue weighted by molar-refractivity contribution is -0.120. The van der Waals surface area contributed by atoms with E-state index in [2.05, 4.69) is 5.32 Å². The molecule has 1 fully saturated rings. The van der Waals surface area contributed by atoms with Crippen LogP contribution < -0.4 is 15.8 Å². The molecule has 1 aromatic carbocycles. The Morgan fingerprint density at radius 2 is 2.06 bits per heavy atom. The Labute approximate surface area is 101 Å². The van der Waals surface area contributed by atoms with Crippen molar-refractivity contribution in [2.24, 2.45) is 11.7 Å². The van der Waals surface area contributed by atoms with E-state index in [0.29, 0.717) is 0 Å². The maximum absolute atomic E-state index is 12.0. The lowest BCUT2D eigenvalue weighted by Crippen LogP contribution is -2.34. The second-order valence-electron chi connectivity index (χ2n) is 4.42. The summed E-state index contributed by atoms with van der Waals surface area (Å²) in [5.74, 6) is 0.762. The third-order valence-corrected chi connectivity index (χ3v) is 3.26. The summed E-state index contributed by atoms with van der Waals surface area (Å²) in [4.78, 5) is 12.0. The molecule has 0 aromatic heterocycles. The molecule has 0 heterocycles. The van der Waals surface area contributed by atoms with Gasteiger partial charge in [0.05, 0.1) is 13.0 Å². The molecule has 1 amide bonds. The highest BCUT2D eigenvalue weighted by atomic mass is 16.5. The van der Waals surface area contributed by atoms with Crippen LogP contribution in [0.4, 0.5) is 5.69 Å². The van der Waals surface area contributed by atoms with E-state index in [-0.39, 0.29) is 17.9 Å². The van der Waals surface area contributed by atoms with Crippen LogP contribution in [0.25, 0.3) is 0 Å². The summed E-state index contributed by atoms with van der Waals surface area (Å²) in [6.45, 7) is 0. The Balaban J connectivity index is 1.97. The fourth-order valence-electron chi connectivity index (χ4n) is 2.22. The fraction of sp³-hybridized carbons (Fsp3) is 0.462. The standard InChI is InChI=1S/C13H18N2O2/c1-17-10-7-5-9(6-8-10)15-13(16)11-3-2-4-12(11)14/h5-8,11-12H,2-4,14H2,1H3,(H,15,16). The van der Waals surface area contributed by atoms with E-state index in [4.69, 9.17) is 10.5 Å².